The van der Waals surface area contributed by atoms with Crippen LogP contribution >= 0.6 is 15.9 Å². The predicted octanol–water partition coefficient (Wildman–Crippen LogP) is 2.87. The fraction of sp³-hybridized carbons (Fsp3) is 0.0909. The lowest BCUT2D eigenvalue weighted by molar-refractivity contribution is -0.107. The molecule has 0 fully saturated rings. The summed E-state index contributed by atoms with van der Waals surface area (Å²) in [7, 11) is 0. The van der Waals surface area contributed by atoms with Gasteiger partial charge in [-0.25, -0.2) is 0 Å². The van der Waals surface area contributed by atoms with E-state index in [-0.39, 0.29) is 4.83 Å². The number of fused-ring (bicyclic) bond motifs is 1. The third-order valence-electron chi connectivity index (χ3n) is 2.10. The molecule has 0 spiro atoms. The van der Waals surface area contributed by atoms with Crippen LogP contribution in [0.25, 0.3) is 10.8 Å². The van der Waals surface area contributed by atoms with E-state index in [4.69, 9.17) is 0 Å². The summed E-state index contributed by atoms with van der Waals surface area (Å²) in [6.45, 7) is 0. The molecule has 3 heteroatoms. The topological polar surface area (TPSA) is 30.0 Å². The zero-order valence-corrected chi connectivity index (χ0v) is 8.94. The molecule has 0 aliphatic heterocycles. The molecule has 1 aromatic carbocycles. The zero-order valence-electron chi connectivity index (χ0n) is 7.35. The summed E-state index contributed by atoms with van der Waals surface area (Å²) in [6, 6.07) is 7.82. The molecule has 1 heterocycles. The van der Waals surface area contributed by atoms with E-state index in [1.165, 1.54) is 0 Å². The number of benzene rings is 1. The highest BCUT2D eigenvalue weighted by atomic mass is 79.9. The number of halogens is 1. The van der Waals surface area contributed by atoms with Crippen LogP contribution in [-0.2, 0) is 4.79 Å². The van der Waals surface area contributed by atoms with Crippen molar-refractivity contribution in [3.05, 3.63) is 42.2 Å². The maximum absolute atomic E-state index is 10.6. The molecule has 2 nitrogen and oxygen atoms in total. The maximum atomic E-state index is 10.6. The van der Waals surface area contributed by atoms with Crippen molar-refractivity contribution >= 4 is 33.0 Å². The van der Waals surface area contributed by atoms with Crippen LogP contribution in [-0.4, -0.2) is 11.3 Å². The van der Waals surface area contributed by atoms with Crippen LogP contribution in [0.5, 0.6) is 0 Å². The minimum atomic E-state index is -0.222. The minimum Gasteiger partial charge on any atom is -0.302 e. The summed E-state index contributed by atoms with van der Waals surface area (Å²) >= 11 is 3.29. The molecule has 1 atom stereocenters. The van der Waals surface area contributed by atoms with Crippen LogP contribution in [0.2, 0.25) is 0 Å². The molecule has 2 rings (SSSR count). The summed E-state index contributed by atoms with van der Waals surface area (Å²) in [5, 5.41) is 2.19. The van der Waals surface area contributed by atoms with Gasteiger partial charge in [0.15, 0.2) is 0 Å². The van der Waals surface area contributed by atoms with Crippen molar-refractivity contribution in [2.45, 2.75) is 4.83 Å². The first kappa shape index (κ1) is 9.34. The van der Waals surface area contributed by atoms with Gasteiger partial charge in [-0.2, -0.15) is 0 Å². The Morgan fingerprint density at radius 1 is 1.29 bits per heavy atom. The Morgan fingerprint density at radius 2 is 2.14 bits per heavy atom. The first-order chi connectivity index (χ1) is 6.81. The van der Waals surface area contributed by atoms with Crippen LogP contribution in [0, 0.1) is 0 Å². The average Bonchev–Trinajstić information content (AvgIpc) is 2.27. The fourth-order valence-corrected chi connectivity index (χ4v) is 1.64. The molecule has 1 aromatic heterocycles. The number of alkyl halides is 1. The third-order valence-corrected chi connectivity index (χ3v) is 2.85. The number of pyridine rings is 1. The van der Waals surface area contributed by atoms with Crippen LogP contribution in [0.4, 0.5) is 0 Å². The number of aldehydes is 1. The van der Waals surface area contributed by atoms with Crippen molar-refractivity contribution in [2.24, 2.45) is 0 Å². The Kier molecular flexibility index (Phi) is 2.59. The first-order valence-electron chi connectivity index (χ1n) is 4.24. The molecular weight excluding hydrogens is 242 g/mol. The van der Waals surface area contributed by atoms with Gasteiger partial charge in [-0.05, 0) is 23.1 Å². The highest BCUT2D eigenvalue weighted by Crippen LogP contribution is 2.23. The summed E-state index contributed by atoms with van der Waals surface area (Å²) < 4.78 is 0. The SMILES string of the molecule is O=CC(Br)c1ccc2cnccc2c1. The molecule has 0 saturated heterocycles. The van der Waals surface area contributed by atoms with Gasteiger partial charge in [0.1, 0.15) is 6.29 Å². The van der Waals surface area contributed by atoms with Crippen LogP contribution in [0.15, 0.2) is 36.7 Å². The molecule has 0 bridgehead atoms. The lowest BCUT2D eigenvalue weighted by atomic mass is 10.1. The Hall–Kier alpha value is -1.22. The van der Waals surface area contributed by atoms with Crippen molar-refractivity contribution in [1.29, 1.82) is 0 Å². The molecule has 70 valence electrons. The molecule has 0 saturated carbocycles. The Balaban J connectivity index is 2.56. The number of carbonyl (C=O) groups excluding carboxylic acids is 1. The molecule has 2 aromatic rings. The van der Waals surface area contributed by atoms with E-state index >= 15 is 0 Å². The smallest absolute Gasteiger partial charge is 0.138 e. The number of aromatic nitrogens is 1. The summed E-state index contributed by atoms with van der Waals surface area (Å²) in [5.41, 5.74) is 0.971. The summed E-state index contributed by atoms with van der Waals surface area (Å²) in [5.74, 6) is 0. The Morgan fingerprint density at radius 3 is 2.93 bits per heavy atom. The Bertz CT molecular complexity index is 470. The maximum Gasteiger partial charge on any atom is 0.138 e. The standard InChI is InChI=1S/C11H8BrNO/c12-11(7-14)9-1-2-10-6-13-4-3-8(10)5-9/h1-7,11H. The van der Waals surface area contributed by atoms with Crippen LogP contribution < -0.4 is 0 Å². The van der Waals surface area contributed by atoms with Gasteiger partial charge in [0.05, 0.1) is 4.83 Å². The average molecular weight is 250 g/mol. The van der Waals surface area contributed by atoms with Crippen molar-refractivity contribution in [3.8, 4) is 0 Å². The quantitative estimate of drug-likeness (QED) is 0.606. The molecule has 0 radical (unpaired) electrons. The second-order valence-corrected chi connectivity index (χ2v) is 4.01. The van der Waals surface area contributed by atoms with Crippen LogP contribution in [0.1, 0.15) is 10.4 Å². The normalized spacial score (nSPS) is 12.6. The second-order valence-electron chi connectivity index (χ2n) is 3.02. The number of carbonyl (C=O) groups is 1. The summed E-state index contributed by atoms with van der Waals surface area (Å²) in [6.07, 6.45) is 4.43. The van der Waals surface area contributed by atoms with Crippen molar-refractivity contribution in [3.63, 3.8) is 0 Å². The number of hydrogen-bond donors (Lipinski definition) is 0. The van der Waals surface area contributed by atoms with Gasteiger partial charge in [0, 0.05) is 17.8 Å². The van der Waals surface area contributed by atoms with E-state index in [0.717, 1.165) is 22.6 Å². The molecule has 0 N–H and O–H groups in total. The zero-order chi connectivity index (χ0) is 9.97. The van der Waals surface area contributed by atoms with Gasteiger partial charge in [-0.1, -0.05) is 28.1 Å². The monoisotopic (exact) mass is 249 g/mol. The lowest BCUT2D eigenvalue weighted by Crippen LogP contribution is -1.90. The molecule has 1 unspecified atom stereocenters. The molecular formula is C11H8BrNO. The predicted molar refractivity (Wildman–Crippen MR) is 59.5 cm³/mol. The minimum absolute atomic E-state index is 0.222. The van der Waals surface area contributed by atoms with Gasteiger partial charge in [-0.15, -0.1) is 0 Å². The molecule has 0 amide bonds. The van der Waals surface area contributed by atoms with E-state index in [1.807, 2.05) is 30.5 Å². The van der Waals surface area contributed by atoms with E-state index in [0.29, 0.717) is 0 Å². The fourth-order valence-electron chi connectivity index (χ4n) is 1.35. The number of hydrogen-bond acceptors (Lipinski definition) is 2. The van der Waals surface area contributed by atoms with Gasteiger partial charge >= 0.3 is 0 Å². The highest BCUT2D eigenvalue weighted by Gasteiger charge is 2.05. The molecule has 0 aliphatic rings. The van der Waals surface area contributed by atoms with Crippen LogP contribution in [0.3, 0.4) is 0 Å². The highest BCUT2D eigenvalue weighted by molar-refractivity contribution is 9.09. The first-order valence-corrected chi connectivity index (χ1v) is 5.16. The summed E-state index contributed by atoms with van der Waals surface area (Å²) in [4.78, 5) is 14.4. The van der Waals surface area contributed by atoms with Crippen molar-refractivity contribution in [2.75, 3.05) is 0 Å². The van der Waals surface area contributed by atoms with Gasteiger partial charge in [-0.3, -0.25) is 4.98 Å². The van der Waals surface area contributed by atoms with E-state index < -0.39 is 0 Å². The van der Waals surface area contributed by atoms with Gasteiger partial charge in [0.25, 0.3) is 0 Å². The molecule has 0 aliphatic carbocycles. The number of nitrogens with zero attached hydrogens (tertiary/aromatic N) is 1. The van der Waals surface area contributed by atoms with Gasteiger partial charge < -0.3 is 4.79 Å². The van der Waals surface area contributed by atoms with E-state index in [9.17, 15) is 4.79 Å². The van der Waals surface area contributed by atoms with E-state index in [2.05, 4.69) is 20.9 Å². The third kappa shape index (κ3) is 1.68. The number of rotatable bonds is 2. The largest absolute Gasteiger partial charge is 0.302 e. The molecule has 14 heavy (non-hydrogen) atoms. The van der Waals surface area contributed by atoms with Gasteiger partial charge in [0.2, 0.25) is 0 Å². The van der Waals surface area contributed by atoms with Crippen molar-refractivity contribution < 1.29 is 4.79 Å². The lowest BCUT2D eigenvalue weighted by Gasteiger charge is -2.03. The Labute approximate surface area is 90.1 Å². The van der Waals surface area contributed by atoms with Crippen molar-refractivity contribution in [1.82, 2.24) is 4.98 Å². The second kappa shape index (κ2) is 3.88. The van der Waals surface area contributed by atoms with E-state index in [1.54, 1.807) is 6.20 Å².